The lowest BCUT2D eigenvalue weighted by Crippen LogP contribution is -2.06. The Kier molecular flexibility index (Phi) is 4.90. The number of carbonyl (C=O) groups excluding carboxylic acids is 1. The molecule has 0 amide bonds. The van der Waals surface area contributed by atoms with Crippen LogP contribution in [0.5, 0.6) is 5.75 Å². The number of Topliss-reactive ketones (excluding diaryl/α,β-unsaturated/α-hetero) is 1. The molecule has 2 aromatic carbocycles. The molecule has 19 heavy (non-hydrogen) atoms. The third-order valence-corrected chi connectivity index (χ3v) is 3.23. The maximum atomic E-state index is 12.7. The molecule has 0 radical (unpaired) electrons. The molecule has 0 heterocycles. The third-order valence-electron chi connectivity index (χ3n) is 2.56. The summed E-state index contributed by atoms with van der Waals surface area (Å²) in [7, 11) is 0. The van der Waals surface area contributed by atoms with E-state index < -0.39 is 0 Å². The topological polar surface area (TPSA) is 26.3 Å². The van der Waals surface area contributed by atoms with Gasteiger partial charge >= 0.3 is 0 Å². The lowest BCUT2D eigenvalue weighted by molar-refractivity contribution is 0.0962. The van der Waals surface area contributed by atoms with Crippen LogP contribution < -0.4 is 4.74 Å². The van der Waals surface area contributed by atoms with E-state index in [4.69, 9.17) is 4.74 Å². The van der Waals surface area contributed by atoms with Crippen LogP contribution in [-0.4, -0.2) is 12.4 Å². The van der Waals surface area contributed by atoms with Gasteiger partial charge in [0.25, 0.3) is 0 Å². The third kappa shape index (κ3) is 4.31. The molecule has 4 heteroatoms. The fourth-order valence-corrected chi connectivity index (χ4v) is 2.11. The molecule has 0 fully saturated rings. The minimum atomic E-state index is -0.341. The summed E-state index contributed by atoms with van der Waals surface area (Å²) in [6.45, 7) is 0.316. The van der Waals surface area contributed by atoms with Gasteiger partial charge in [-0.15, -0.1) is 0 Å². The summed E-state index contributed by atoms with van der Waals surface area (Å²) in [6.07, 6.45) is 0.275. The van der Waals surface area contributed by atoms with E-state index >= 15 is 0 Å². The molecule has 0 aromatic heterocycles. The second kappa shape index (κ2) is 6.65. The molecule has 2 rings (SSSR count). The molecule has 0 bridgehead atoms. The molecule has 0 saturated carbocycles. The molecule has 0 N–H and O–H groups in total. The number of ketones is 1. The van der Waals surface area contributed by atoms with Crippen molar-refractivity contribution < 1.29 is 13.9 Å². The van der Waals surface area contributed by atoms with E-state index in [0.717, 1.165) is 9.32 Å². The van der Waals surface area contributed by atoms with Gasteiger partial charge in [0.05, 0.1) is 6.61 Å². The Morgan fingerprint density at radius 1 is 1.16 bits per heavy atom. The van der Waals surface area contributed by atoms with E-state index in [1.807, 2.05) is 24.3 Å². The van der Waals surface area contributed by atoms with E-state index in [1.54, 1.807) is 0 Å². The van der Waals surface area contributed by atoms with Crippen molar-refractivity contribution in [3.8, 4) is 5.75 Å². The van der Waals surface area contributed by atoms with Crippen LogP contribution in [0.15, 0.2) is 48.5 Å². The first-order valence-corrected chi connectivity index (χ1v) is 6.90. The summed E-state index contributed by atoms with van der Waals surface area (Å²) in [4.78, 5) is 11.8. The van der Waals surface area contributed by atoms with Crippen molar-refractivity contribution in [3.63, 3.8) is 0 Å². The largest absolute Gasteiger partial charge is 0.493 e. The number of carbonyl (C=O) groups is 1. The molecule has 0 spiro atoms. The Balaban J connectivity index is 1.86. The number of hydrogen-bond acceptors (Lipinski definition) is 2. The molecule has 98 valence electrons. The van der Waals surface area contributed by atoms with Crippen LogP contribution in [-0.2, 0) is 0 Å². The Bertz CT molecular complexity index is 567. The Morgan fingerprint density at radius 2 is 1.89 bits per heavy atom. The van der Waals surface area contributed by atoms with Gasteiger partial charge < -0.3 is 4.74 Å². The van der Waals surface area contributed by atoms with E-state index in [0.29, 0.717) is 12.2 Å². The molecule has 0 aliphatic carbocycles. The molecular formula is C15H12FIO2. The minimum absolute atomic E-state index is 0.0503. The first-order chi connectivity index (χ1) is 9.15. The van der Waals surface area contributed by atoms with Crippen LogP contribution in [0.4, 0.5) is 4.39 Å². The molecule has 2 nitrogen and oxygen atoms in total. The van der Waals surface area contributed by atoms with Crippen LogP contribution in [0, 0.1) is 9.39 Å². The Labute approximate surface area is 124 Å². The lowest BCUT2D eigenvalue weighted by atomic mass is 10.1. The van der Waals surface area contributed by atoms with Crippen LogP contribution in [0.25, 0.3) is 0 Å². The van der Waals surface area contributed by atoms with Crippen molar-refractivity contribution in [1.82, 2.24) is 0 Å². The van der Waals surface area contributed by atoms with Crippen molar-refractivity contribution in [3.05, 3.63) is 63.5 Å². The standard InChI is InChI=1S/C15H12FIO2/c16-12-6-4-11(5-7-12)15(18)8-9-19-14-3-1-2-13(17)10-14/h1-7,10H,8-9H2. The summed E-state index contributed by atoms with van der Waals surface area (Å²) >= 11 is 2.20. The van der Waals surface area contributed by atoms with Gasteiger partial charge in [-0.25, -0.2) is 4.39 Å². The average Bonchev–Trinajstić information content (AvgIpc) is 2.39. The first kappa shape index (κ1) is 14.0. The molecule has 2 aromatic rings. The number of rotatable bonds is 5. The summed E-state index contributed by atoms with van der Waals surface area (Å²) < 4.78 is 19.3. The van der Waals surface area contributed by atoms with Crippen LogP contribution >= 0.6 is 22.6 Å². The van der Waals surface area contributed by atoms with Crippen molar-refractivity contribution in [1.29, 1.82) is 0 Å². The quantitative estimate of drug-likeness (QED) is 0.586. The average molecular weight is 370 g/mol. The SMILES string of the molecule is O=C(CCOc1cccc(I)c1)c1ccc(F)cc1. The van der Waals surface area contributed by atoms with Crippen molar-refractivity contribution in [2.45, 2.75) is 6.42 Å². The second-order valence-corrected chi connectivity index (χ2v) is 5.23. The molecule has 0 atom stereocenters. The predicted molar refractivity (Wildman–Crippen MR) is 80.0 cm³/mol. The number of ether oxygens (including phenoxy) is 1. The number of halogens is 2. The lowest BCUT2D eigenvalue weighted by Gasteiger charge is -2.06. The van der Waals surface area contributed by atoms with E-state index in [9.17, 15) is 9.18 Å². The van der Waals surface area contributed by atoms with E-state index in [1.165, 1.54) is 24.3 Å². The molecule has 0 unspecified atom stereocenters. The fraction of sp³-hybridized carbons (Fsp3) is 0.133. The van der Waals surface area contributed by atoms with E-state index in [-0.39, 0.29) is 18.0 Å². The van der Waals surface area contributed by atoms with Gasteiger partial charge in [-0.2, -0.15) is 0 Å². The number of hydrogen-bond donors (Lipinski definition) is 0. The van der Waals surface area contributed by atoms with Gasteiger partial charge in [0.2, 0.25) is 0 Å². The zero-order chi connectivity index (χ0) is 13.7. The maximum absolute atomic E-state index is 12.7. The Morgan fingerprint density at radius 3 is 2.58 bits per heavy atom. The van der Waals surface area contributed by atoms with Gasteiger partial charge in [-0.05, 0) is 65.1 Å². The first-order valence-electron chi connectivity index (χ1n) is 5.82. The zero-order valence-corrected chi connectivity index (χ0v) is 12.3. The summed E-state index contributed by atoms with van der Waals surface area (Å²) in [5, 5.41) is 0. The monoisotopic (exact) mass is 370 g/mol. The summed E-state index contributed by atoms with van der Waals surface area (Å²) in [5.41, 5.74) is 0.507. The highest BCUT2D eigenvalue weighted by Crippen LogP contribution is 2.15. The minimum Gasteiger partial charge on any atom is -0.493 e. The highest BCUT2D eigenvalue weighted by atomic mass is 127. The molecule has 0 saturated heterocycles. The van der Waals surface area contributed by atoms with Crippen molar-refractivity contribution in [2.75, 3.05) is 6.61 Å². The summed E-state index contributed by atoms with van der Waals surface area (Å²) in [5.74, 6) is 0.357. The zero-order valence-electron chi connectivity index (χ0n) is 10.1. The molecule has 0 aliphatic rings. The summed E-state index contributed by atoms with van der Waals surface area (Å²) in [6, 6.07) is 13.2. The Hall–Kier alpha value is -1.43. The van der Waals surface area contributed by atoms with Crippen LogP contribution in [0.3, 0.4) is 0 Å². The highest BCUT2D eigenvalue weighted by Gasteiger charge is 2.06. The van der Waals surface area contributed by atoms with Crippen molar-refractivity contribution in [2.24, 2.45) is 0 Å². The predicted octanol–water partition coefficient (Wildman–Crippen LogP) is 4.08. The second-order valence-electron chi connectivity index (χ2n) is 3.99. The van der Waals surface area contributed by atoms with Crippen LogP contribution in [0.2, 0.25) is 0 Å². The normalized spacial score (nSPS) is 10.2. The van der Waals surface area contributed by atoms with Gasteiger partial charge in [0, 0.05) is 15.6 Å². The number of benzene rings is 2. The van der Waals surface area contributed by atoms with E-state index in [2.05, 4.69) is 22.6 Å². The molecule has 0 aliphatic heterocycles. The van der Waals surface area contributed by atoms with Gasteiger partial charge in [0.1, 0.15) is 11.6 Å². The van der Waals surface area contributed by atoms with Gasteiger partial charge in [0.15, 0.2) is 5.78 Å². The fourth-order valence-electron chi connectivity index (χ4n) is 1.60. The highest BCUT2D eigenvalue weighted by molar-refractivity contribution is 14.1. The van der Waals surface area contributed by atoms with Gasteiger partial charge in [-0.1, -0.05) is 6.07 Å². The maximum Gasteiger partial charge on any atom is 0.166 e. The van der Waals surface area contributed by atoms with Crippen molar-refractivity contribution >= 4 is 28.4 Å². The smallest absolute Gasteiger partial charge is 0.166 e. The van der Waals surface area contributed by atoms with Gasteiger partial charge in [-0.3, -0.25) is 4.79 Å². The molecular weight excluding hydrogens is 358 g/mol. The van der Waals surface area contributed by atoms with Crippen LogP contribution in [0.1, 0.15) is 16.8 Å².